The highest BCUT2D eigenvalue weighted by Crippen LogP contribution is 2.28. The van der Waals surface area contributed by atoms with E-state index in [1.165, 1.54) is 0 Å². The number of nitrogens with zero attached hydrogens (tertiary/aromatic N) is 1. The molecule has 1 aliphatic heterocycles. The fourth-order valence-corrected chi connectivity index (χ4v) is 4.08. The first-order chi connectivity index (χ1) is 9.36. The Balaban J connectivity index is 2.32. The zero-order valence-corrected chi connectivity index (χ0v) is 12.0. The number of piperidine rings is 1. The van der Waals surface area contributed by atoms with E-state index in [1.54, 1.807) is 0 Å². The molecule has 1 aromatic carbocycles. The minimum atomic E-state index is -4.30. The van der Waals surface area contributed by atoms with Gasteiger partial charge in [-0.05, 0) is 18.8 Å². The van der Waals surface area contributed by atoms with Crippen molar-refractivity contribution in [3.05, 3.63) is 29.6 Å². The minimum Gasteiger partial charge on any atom is -0.207 e. The maximum absolute atomic E-state index is 13.6. The molecule has 3 nitrogen and oxygen atoms in total. The van der Waals surface area contributed by atoms with Crippen LogP contribution in [0.1, 0.15) is 12.8 Å². The van der Waals surface area contributed by atoms with Crippen molar-refractivity contribution in [1.29, 1.82) is 0 Å². The summed E-state index contributed by atoms with van der Waals surface area (Å²) >= 11 is 5.70. The second-order valence-corrected chi connectivity index (χ2v) is 6.88. The Bertz CT molecular complexity index is 578. The van der Waals surface area contributed by atoms with Gasteiger partial charge in [-0.15, -0.1) is 11.6 Å². The van der Waals surface area contributed by atoms with Crippen LogP contribution < -0.4 is 0 Å². The van der Waals surface area contributed by atoms with Crippen LogP contribution in [-0.4, -0.2) is 31.7 Å². The van der Waals surface area contributed by atoms with Crippen molar-refractivity contribution in [2.45, 2.75) is 17.7 Å². The highest BCUT2D eigenvalue weighted by molar-refractivity contribution is 7.89. The Morgan fingerprint density at radius 1 is 1.15 bits per heavy atom. The fourth-order valence-electron chi connectivity index (χ4n) is 2.21. The van der Waals surface area contributed by atoms with Crippen LogP contribution >= 0.6 is 11.6 Å². The maximum atomic E-state index is 13.6. The Morgan fingerprint density at radius 3 is 2.10 bits per heavy atom. The lowest BCUT2D eigenvalue weighted by molar-refractivity contribution is 0.288. The average Bonchev–Trinajstić information content (AvgIpc) is 2.37. The molecule has 0 N–H and O–H groups in total. The summed E-state index contributed by atoms with van der Waals surface area (Å²) in [7, 11) is -4.30. The van der Waals surface area contributed by atoms with E-state index in [1.807, 2.05) is 0 Å². The third kappa shape index (κ3) is 2.94. The van der Waals surface area contributed by atoms with Crippen molar-refractivity contribution in [2.24, 2.45) is 5.92 Å². The number of sulfonamides is 1. The number of halogens is 4. The van der Waals surface area contributed by atoms with Crippen molar-refractivity contribution in [3.63, 3.8) is 0 Å². The summed E-state index contributed by atoms with van der Waals surface area (Å²) in [6, 6.07) is 0.725. The molecule has 0 atom stereocenters. The van der Waals surface area contributed by atoms with Gasteiger partial charge in [-0.25, -0.2) is 21.6 Å². The van der Waals surface area contributed by atoms with Gasteiger partial charge in [0.05, 0.1) is 0 Å². The van der Waals surface area contributed by atoms with Gasteiger partial charge in [0.25, 0.3) is 0 Å². The smallest absolute Gasteiger partial charge is 0.207 e. The second kappa shape index (κ2) is 5.91. The molecule has 0 spiro atoms. The van der Waals surface area contributed by atoms with Crippen LogP contribution in [0.3, 0.4) is 0 Å². The topological polar surface area (TPSA) is 37.4 Å². The van der Waals surface area contributed by atoms with Gasteiger partial charge >= 0.3 is 0 Å². The molecule has 1 fully saturated rings. The van der Waals surface area contributed by atoms with E-state index in [2.05, 4.69) is 0 Å². The van der Waals surface area contributed by atoms with Crippen LogP contribution in [-0.2, 0) is 10.0 Å². The maximum Gasteiger partial charge on any atom is 0.248 e. The molecule has 1 aliphatic rings. The molecule has 8 heteroatoms. The first kappa shape index (κ1) is 15.6. The van der Waals surface area contributed by atoms with Crippen molar-refractivity contribution >= 4 is 21.6 Å². The van der Waals surface area contributed by atoms with Gasteiger partial charge in [0.15, 0.2) is 4.90 Å². The molecule has 0 saturated carbocycles. The van der Waals surface area contributed by atoms with Crippen LogP contribution in [0.25, 0.3) is 0 Å². The first-order valence-corrected chi connectivity index (χ1v) is 8.04. The Kier molecular flexibility index (Phi) is 4.61. The van der Waals surface area contributed by atoms with Gasteiger partial charge in [0.2, 0.25) is 10.0 Å². The van der Waals surface area contributed by atoms with Crippen LogP contribution in [0, 0.1) is 23.4 Å². The van der Waals surface area contributed by atoms with E-state index in [9.17, 15) is 21.6 Å². The van der Waals surface area contributed by atoms with E-state index in [-0.39, 0.29) is 19.0 Å². The molecule has 112 valence electrons. The lowest BCUT2D eigenvalue weighted by atomic mass is 10.0. The molecular formula is C12H13ClF3NO2S. The van der Waals surface area contributed by atoms with Gasteiger partial charge < -0.3 is 0 Å². The van der Waals surface area contributed by atoms with Crippen LogP contribution in [0.2, 0.25) is 0 Å². The van der Waals surface area contributed by atoms with Gasteiger partial charge in [-0.1, -0.05) is 0 Å². The van der Waals surface area contributed by atoms with E-state index in [0.29, 0.717) is 30.9 Å². The van der Waals surface area contributed by atoms with E-state index in [0.717, 1.165) is 4.31 Å². The summed E-state index contributed by atoms with van der Waals surface area (Å²) in [6.07, 6.45) is 1.07. The standard InChI is InChI=1S/C12H13ClF3NO2S/c13-7-8-1-3-17(4-2-8)20(18,19)12-10(15)5-9(14)6-11(12)16/h5-6,8H,1-4,7H2. The molecule has 0 unspecified atom stereocenters. The second-order valence-electron chi connectivity index (χ2n) is 4.70. The average molecular weight is 328 g/mol. The predicted octanol–water partition coefficient (Wildman–Crippen LogP) is 2.74. The number of alkyl halides is 1. The quantitative estimate of drug-likeness (QED) is 0.801. The molecule has 0 aliphatic carbocycles. The largest absolute Gasteiger partial charge is 0.248 e. The molecule has 20 heavy (non-hydrogen) atoms. The number of hydrogen-bond donors (Lipinski definition) is 0. The van der Waals surface area contributed by atoms with Crippen LogP contribution in [0.4, 0.5) is 13.2 Å². The van der Waals surface area contributed by atoms with Gasteiger partial charge in [-0.2, -0.15) is 4.31 Å². The molecule has 0 amide bonds. The highest BCUT2D eigenvalue weighted by atomic mass is 35.5. The van der Waals surface area contributed by atoms with E-state index < -0.39 is 32.4 Å². The third-order valence-electron chi connectivity index (χ3n) is 3.35. The Morgan fingerprint density at radius 2 is 1.65 bits per heavy atom. The summed E-state index contributed by atoms with van der Waals surface area (Å²) < 4.78 is 65.5. The van der Waals surface area contributed by atoms with Gasteiger partial charge in [0, 0.05) is 31.1 Å². The molecule has 1 saturated heterocycles. The molecule has 0 aromatic heterocycles. The fraction of sp³-hybridized carbons (Fsp3) is 0.500. The summed E-state index contributed by atoms with van der Waals surface area (Å²) in [5.41, 5.74) is 0. The monoisotopic (exact) mass is 327 g/mol. The molecule has 1 heterocycles. The van der Waals surface area contributed by atoms with Crippen molar-refractivity contribution in [3.8, 4) is 0 Å². The van der Waals surface area contributed by atoms with Crippen LogP contribution in [0.15, 0.2) is 17.0 Å². The number of hydrogen-bond acceptors (Lipinski definition) is 2. The van der Waals surface area contributed by atoms with E-state index >= 15 is 0 Å². The van der Waals surface area contributed by atoms with Crippen molar-refractivity contribution < 1.29 is 21.6 Å². The normalized spacial score (nSPS) is 18.4. The van der Waals surface area contributed by atoms with Crippen molar-refractivity contribution in [2.75, 3.05) is 19.0 Å². The molecule has 0 bridgehead atoms. The Labute approximate surface area is 120 Å². The number of rotatable bonds is 3. The molecule has 1 aromatic rings. The molecular weight excluding hydrogens is 315 g/mol. The third-order valence-corrected chi connectivity index (χ3v) is 5.74. The highest BCUT2D eigenvalue weighted by Gasteiger charge is 2.33. The lowest BCUT2D eigenvalue weighted by Crippen LogP contribution is -2.39. The summed E-state index contributed by atoms with van der Waals surface area (Å²) in [4.78, 5) is -1.09. The predicted molar refractivity (Wildman–Crippen MR) is 68.5 cm³/mol. The minimum absolute atomic E-state index is 0.149. The zero-order valence-electron chi connectivity index (χ0n) is 10.5. The molecule has 2 rings (SSSR count). The van der Waals surface area contributed by atoms with Gasteiger partial charge in [-0.3, -0.25) is 0 Å². The lowest BCUT2D eigenvalue weighted by Gasteiger charge is -2.30. The molecule has 0 radical (unpaired) electrons. The van der Waals surface area contributed by atoms with Crippen molar-refractivity contribution in [1.82, 2.24) is 4.31 Å². The Hall–Kier alpha value is -0.790. The summed E-state index contributed by atoms with van der Waals surface area (Å²) in [6.45, 7) is 0.298. The summed E-state index contributed by atoms with van der Waals surface area (Å²) in [5, 5.41) is 0. The number of benzene rings is 1. The first-order valence-electron chi connectivity index (χ1n) is 6.07. The SMILES string of the molecule is O=S(=O)(c1c(F)cc(F)cc1F)N1CCC(CCl)CC1. The zero-order chi connectivity index (χ0) is 14.9. The van der Waals surface area contributed by atoms with Crippen LogP contribution in [0.5, 0.6) is 0 Å². The van der Waals surface area contributed by atoms with Gasteiger partial charge in [0.1, 0.15) is 17.5 Å². The van der Waals surface area contributed by atoms with E-state index in [4.69, 9.17) is 11.6 Å². The summed E-state index contributed by atoms with van der Waals surface area (Å²) in [5.74, 6) is -3.36.